The van der Waals surface area contributed by atoms with Gasteiger partial charge in [0.25, 0.3) is 0 Å². The summed E-state index contributed by atoms with van der Waals surface area (Å²) in [4.78, 5) is 0. The third-order valence-corrected chi connectivity index (χ3v) is 10.3. The molecule has 7 heteroatoms. The van der Waals surface area contributed by atoms with Gasteiger partial charge in [0.15, 0.2) is 0 Å². The van der Waals surface area contributed by atoms with Crippen molar-refractivity contribution in [2.24, 2.45) is 0 Å². The molecular formula is C47H29F3N4. The van der Waals surface area contributed by atoms with Gasteiger partial charge in [-0.15, -0.1) is 0 Å². The van der Waals surface area contributed by atoms with Crippen molar-refractivity contribution in [2.45, 2.75) is 20.0 Å². The number of benzene rings is 7. The van der Waals surface area contributed by atoms with E-state index in [9.17, 15) is 23.7 Å². The van der Waals surface area contributed by atoms with Crippen LogP contribution in [-0.2, 0) is 6.18 Å². The van der Waals surface area contributed by atoms with E-state index in [2.05, 4.69) is 89.7 Å². The van der Waals surface area contributed by atoms with Crippen LogP contribution in [0.5, 0.6) is 0 Å². The first-order valence-electron chi connectivity index (χ1n) is 17.5. The molecule has 0 atom stereocenters. The minimum atomic E-state index is -4.59. The highest BCUT2D eigenvalue weighted by atomic mass is 19.4. The first-order chi connectivity index (χ1) is 26.1. The second-order valence-corrected chi connectivity index (χ2v) is 13.7. The van der Waals surface area contributed by atoms with E-state index in [1.807, 2.05) is 60.7 Å². The molecule has 9 rings (SSSR count). The Kier molecular flexibility index (Phi) is 7.44. The van der Waals surface area contributed by atoms with Gasteiger partial charge in [-0.2, -0.15) is 23.7 Å². The third-order valence-electron chi connectivity index (χ3n) is 10.3. The second kappa shape index (κ2) is 12.3. The molecule has 258 valence electrons. The zero-order chi connectivity index (χ0) is 37.3. The van der Waals surface area contributed by atoms with Gasteiger partial charge in [0.05, 0.1) is 62.3 Å². The molecule has 0 aliphatic rings. The summed E-state index contributed by atoms with van der Waals surface area (Å²) in [7, 11) is 0. The lowest BCUT2D eigenvalue weighted by atomic mass is 9.92. The Labute approximate surface area is 308 Å². The predicted molar refractivity (Wildman–Crippen MR) is 210 cm³/mol. The summed E-state index contributed by atoms with van der Waals surface area (Å²) >= 11 is 0. The van der Waals surface area contributed by atoms with Crippen molar-refractivity contribution in [2.75, 3.05) is 0 Å². The fourth-order valence-corrected chi connectivity index (χ4v) is 7.89. The van der Waals surface area contributed by atoms with E-state index >= 15 is 0 Å². The zero-order valence-corrected chi connectivity index (χ0v) is 29.2. The van der Waals surface area contributed by atoms with Crippen molar-refractivity contribution in [1.82, 2.24) is 9.13 Å². The van der Waals surface area contributed by atoms with E-state index in [4.69, 9.17) is 0 Å². The third kappa shape index (κ3) is 5.13. The average Bonchev–Trinajstić information content (AvgIpc) is 3.68. The fraction of sp³-hybridized carbons (Fsp3) is 0.0638. The minimum Gasteiger partial charge on any atom is -0.309 e. The van der Waals surface area contributed by atoms with E-state index in [0.29, 0.717) is 16.7 Å². The highest BCUT2D eigenvalue weighted by Crippen LogP contribution is 2.43. The first-order valence-corrected chi connectivity index (χ1v) is 17.5. The molecule has 7 aromatic carbocycles. The number of aryl methyl sites for hydroxylation is 2. The number of aromatic nitrogens is 2. The molecule has 2 heterocycles. The van der Waals surface area contributed by atoms with Gasteiger partial charge in [0.1, 0.15) is 0 Å². The number of rotatable bonds is 4. The number of fused-ring (bicyclic) bond motifs is 6. The molecule has 0 aliphatic heterocycles. The van der Waals surface area contributed by atoms with Crippen molar-refractivity contribution in [3.63, 3.8) is 0 Å². The van der Waals surface area contributed by atoms with E-state index in [1.165, 1.54) is 6.07 Å². The van der Waals surface area contributed by atoms with Crippen molar-refractivity contribution < 1.29 is 13.2 Å². The maximum atomic E-state index is 13.8. The largest absolute Gasteiger partial charge is 0.416 e. The highest BCUT2D eigenvalue weighted by molar-refractivity contribution is 6.12. The van der Waals surface area contributed by atoms with Crippen LogP contribution in [0.2, 0.25) is 0 Å². The number of hydrogen-bond acceptors (Lipinski definition) is 2. The molecule has 0 saturated heterocycles. The van der Waals surface area contributed by atoms with Crippen molar-refractivity contribution >= 4 is 43.6 Å². The topological polar surface area (TPSA) is 57.4 Å². The van der Waals surface area contributed by atoms with E-state index in [1.54, 1.807) is 6.07 Å². The number of alkyl halides is 3. The highest BCUT2D eigenvalue weighted by Gasteiger charge is 2.31. The van der Waals surface area contributed by atoms with E-state index in [0.717, 1.165) is 89.4 Å². The number of para-hydroxylation sites is 2. The summed E-state index contributed by atoms with van der Waals surface area (Å²) in [5, 5.41) is 24.6. The molecule has 0 unspecified atom stereocenters. The van der Waals surface area contributed by atoms with Crippen molar-refractivity contribution in [3.05, 3.63) is 167 Å². The van der Waals surface area contributed by atoms with Gasteiger partial charge in [0.2, 0.25) is 0 Å². The maximum absolute atomic E-state index is 13.8. The van der Waals surface area contributed by atoms with Crippen molar-refractivity contribution in [1.29, 1.82) is 10.5 Å². The van der Waals surface area contributed by atoms with E-state index < -0.39 is 11.7 Å². The lowest BCUT2D eigenvalue weighted by molar-refractivity contribution is -0.137. The standard InChI is InChI=1S/C47H29F3N4/c1-28-11-18-43-38(21-28)35-7-3-5-9-41(35)53(43)45-20-14-31(34-17-15-33(47(48,49)50)24-32(34)27-52)25-40(45)37-16-13-30(26-51)23-46(37)54-42-10-6-4-8-36(42)39-22-29(2)12-19-44(39)54/h3-25H,1-2H3. The summed E-state index contributed by atoms with van der Waals surface area (Å²) in [5.41, 5.74) is 9.85. The molecule has 0 N–H and O–H groups in total. The summed E-state index contributed by atoms with van der Waals surface area (Å²) in [6.07, 6.45) is -4.59. The quantitative estimate of drug-likeness (QED) is 0.183. The SMILES string of the molecule is Cc1ccc2c(c1)c1ccccc1n2-c1ccc(-c2ccc(C(F)(F)F)cc2C#N)cc1-c1ccc(C#N)cc1-n1c2ccccc2c2cc(C)ccc21. The fourth-order valence-electron chi connectivity index (χ4n) is 7.89. The van der Waals surface area contributed by atoms with Gasteiger partial charge in [0, 0.05) is 32.7 Å². The van der Waals surface area contributed by atoms with Crippen molar-refractivity contribution in [3.8, 4) is 45.8 Å². The molecular weight excluding hydrogens is 678 g/mol. The van der Waals surface area contributed by atoms with Crippen LogP contribution in [0.1, 0.15) is 27.8 Å². The van der Waals surface area contributed by atoms with Crippen LogP contribution < -0.4 is 0 Å². The van der Waals surface area contributed by atoms with Gasteiger partial charge in [-0.25, -0.2) is 0 Å². The Morgan fingerprint density at radius 2 is 1.06 bits per heavy atom. The molecule has 9 aromatic rings. The van der Waals surface area contributed by atoms with Gasteiger partial charge >= 0.3 is 6.18 Å². The second-order valence-electron chi connectivity index (χ2n) is 13.7. The average molecular weight is 707 g/mol. The molecule has 0 aliphatic carbocycles. The van der Waals surface area contributed by atoms with Crippen LogP contribution in [0.15, 0.2) is 140 Å². The Bertz CT molecular complexity index is 3090. The normalized spacial score (nSPS) is 11.8. The summed E-state index contributed by atoms with van der Waals surface area (Å²) in [6.45, 7) is 4.13. The van der Waals surface area contributed by atoms with Crippen LogP contribution in [0, 0.1) is 36.5 Å². The molecule has 0 bridgehead atoms. The Morgan fingerprint density at radius 1 is 0.481 bits per heavy atom. The summed E-state index contributed by atoms with van der Waals surface area (Å²) < 4.78 is 45.7. The summed E-state index contributed by atoms with van der Waals surface area (Å²) in [6, 6.07) is 48.2. The van der Waals surface area contributed by atoms with Crippen LogP contribution >= 0.6 is 0 Å². The van der Waals surface area contributed by atoms with E-state index in [-0.39, 0.29) is 5.56 Å². The molecule has 0 spiro atoms. The molecule has 0 saturated carbocycles. The Morgan fingerprint density at radius 3 is 1.65 bits per heavy atom. The Hall–Kier alpha value is -7.09. The zero-order valence-electron chi connectivity index (χ0n) is 29.2. The van der Waals surface area contributed by atoms with Crippen LogP contribution in [0.3, 0.4) is 0 Å². The maximum Gasteiger partial charge on any atom is 0.416 e. The van der Waals surface area contributed by atoms with Gasteiger partial charge in [-0.05, 0) is 97.8 Å². The predicted octanol–water partition coefficient (Wildman–Crippen LogP) is 12.6. The monoisotopic (exact) mass is 706 g/mol. The van der Waals surface area contributed by atoms with Crippen LogP contribution in [0.4, 0.5) is 13.2 Å². The molecule has 2 aromatic heterocycles. The van der Waals surface area contributed by atoms with Crippen LogP contribution in [-0.4, -0.2) is 9.13 Å². The van der Waals surface area contributed by atoms with Gasteiger partial charge < -0.3 is 9.13 Å². The minimum absolute atomic E-state index is 0.0753. The lowest BCUT2D eigenvalue weighted by Gasteiger charge is -2.20. The number of nitriles is 2. The number of halogens is 3. The number of nitrogens with zero attached hydrogens (tertiary/aromatic N) is 4. The van der Waals surface area contributed by atoms with Gasteiger partial charge in [-0.1, -0.05) is 77.9 Å². The molecule has 0 fully saturated rings. The molecule has 54 heavy (non-hydrogen) atoms. The lowest BCUT2D eigenvalue weighted by Crippen LogP contribution is -2.05. The molecule has 0 amide bonds. The smallest absolute Gasteiger partial charge is 0.309 e. The summed E-state index contributed by atoms with van der Waals surface area (Å²) in [5.74, 6) is 0. The molecule has 0 radical (unpaired) electrons. The van der Waals surface area contributed by atoms with Gasteiger partial charge in [-0.3, -0.25) is 0 Å². The van der Waals surface area contributed by atoms with Crippen LogP contribution in [0.25, 0.3) is 77.2 Å². The number of hydrogen-bond donors (Lipinski definition) is 0. The Balaban J connectivity index is 1.41. The first kappa shape index (κ1) is 32.8. The molecule has 4 nitrogen and oxygen atoms in total.